The van der Waals surface area contributed by atoms with Crippen molar-refractivity contribution in [2.75, 3.05) is 0 Å². The Hall–Kier alpha value is -0.180. The largest absolute Gasteiger partial charge is 0.411 e. The molecule has 2 unspecified atom stereocenters. The second-order valence-corrected chi connectivity index (χ2v) is 5.06. The zero-order valence-corrected chi connectivity index (χ0v) is 8.77. The van der Waals surface area contributed by atoms with Gasteiger partial charge in [0.2, 0.25) is 0 Å². The smallest absolute Gasteiger partial charge is 0.0711 e. The highest BCUT2D eigenvalue weighted by molar-refractivity contribution is 8.01. The zero-order chi connectivity index (χ0) is 9.14. The first kappa shape index (κ1) is 9.90. The number of hydrogen-bond donors (Lipinski definition) is 1. The van der Waals surface area contributed by atoms with E-state index in [1.165, 1.54) is 0 Å². The van der Waals surface area contributed by atoms with Crippen LogP contribution in [0.15, 0.2) is 5.16 Å². The van der Waals surface area contributed by atoms with Crippen LogP contribution < -0.4 is 0 Å². The van der Waals surface area contributed by atoms with Crippen molar-refractivity contribution in [2.24, 2.45) is 11.1 Å². The van der Waals surface area contributed by atoms with E-state index in [2.05, 4.69) is 25.9 Å². The van der Waals surface area contributed by atoms with E-state index in [0.717, 1.165) is 18.6 Å². The summed E-state index contributed by atoms with van der Waals surface area (Å²) in [6.45, 7) is 6.60. The Kier molecular flexibility index (Phi) is 3.44. The fraction of sp³-hybridized carbons (Fsp3) is 0.889. The van der Waals surface area contributed by atoms with E-state index < -0.39 is 0 Å². The minimum atomic E-state index is 0.461. The summed E-state index contributed by atoms with van der Waals surface area (Å²) in [7, 11) is 0. The lowest BCUT2D eigenvalue weighted by atomic mass is 10.0. The third-order valence-corrected chi connectivity index (χ3v) is 4.36. The van der Waals surface area contributed by atoms with Crippen molar-refractivity contribution in [2.45, 2.75) is 44.1 Å². The molecule has 0 bridgehead atoms. The predicted molar refractivity (Wildman–Crippen MR) is 54.1 cm³/mol. The van der Waals surface area contributed by atoms with Crippen LogP contribution in [0.4, 0.5) is 0 Å². The van der Waals surface area contributed by atoms with E-state index in [0.29, 0.717) is 16.4 Å². The van der Waals surface area contributed by atoms with Crippen molar-refractivity contribution in [1.82, 2.24) is 0 Å². The molecule has 2 atom stereocenters. The predicted octanol–water partition coefficient (Wildman–Crippen LogP) is 2.76. The third kappa shape index (κ3) is 1.94. The Bertz CT molecular complexity index is 179. The van der Waals surface area contributed by atoms with Gasteiger partial charge < -0.3 is 5.21 Å². The fourth-order valence-corrected chi connectivity index (χ4v) is 3.00. The minimum absolute atomic E-state index is 0.461. The molecule has 1 heterocycles. The van der Waals surface area contributed by atoms with Crippen molar-refractivity contribution < 1.29 is 5.21 Å². The monoisotopic (exact) mass is 187 g/mol. The van der Waals surface area contributed by atoms with Gasteiger partial charge >= 0.3 is 0 Å². The van der Waals surface area contributed by atoms with E-state index in [4.69, 9.17) is 5.21 Å². The molecule has 0 aromatic carbocycles. The molecule has 0 aromatic heterocycles. The fourth-order valence-electron chi connectivity index (χ4n) is 1.51. The molecule has 1 aliphatic heterocycles. The summed E-state index contributed by atoms with van der Waals surface area (Å²) >= 11 is 1.96. The molecule has 70 valence electrons. The van der Waals surface area contributed by atoms with Gasteiger partial charge in [0.25, 0.3) is 0 Å². The van der Waals surface area contributed by atoms with Crippen molar-refractivity contribution in [3.8, 4) is 0 Å². The number of thioether (sulfide) groups is 1. The van der Waals surface area contributed by atoms with Gasteiger partial charge in [0.15, 0.2) is 0 Å². The van der Waals surface area contributed by atoms with Gasteiger partial charge in [-0.1, -0.05) is 25.9 Å². The lowest BCUT2D eigenvalue weighted by Gasteiger charge is -2.12. The Labute approximate surface area is 78.4 Å². The maximum absolute atomic E-state index is 8.74. The van der Waals surface area contributed by atoms with E-state index in [1.54, 1.807) is 0 Å². The zero-order valence-electron chi connectivity index (χ0n) is 7.95. The lowest BCUT2D eigenvalue weighted by molar-refractivity contribution is 0.316. The molecule has 1 N–H and O–H groups in total. The standard InChI is InChI=1S/C9H17NOS/c1-4-8-7(10-11)5-9(12-8)6(2)3/h6,8-9,11H,4-5H2,1-3H3. The first-order chi connectivity index (χ1) is 5.69. The minimum Gasteiger partial charge on any atom is -0.411 e. The van der Waals surface area contributed by atoms with Crippen LogP contribution in [0, 0.1) is 5.92 Å². The van der Waals surface area contributed by atoms with Crippen LogP contribution in [-0.2, 0) is 0 Å². The summed E-state index contributed by atoms with van der Waals surface area (Å²) in [6.07, 6.45) is 2.05. The van der Waals surface area contributed by atoms with Crippen molar-refractivity contribution >= 4 is 17.5 Å². The van der Waals surface area contributed by atoms with Crippen LogP contribution in [0.1, 0.15) is 33.6 Å². The Morgan fingerprint density at radius 3 is 2.67 bits per heavy atom. The second-order valence-electron chi connectivity index (χ2n) is 3.61. The highest BCUT2D eigenvalue weighted by atomic mass is 32.2. The van der Waals surface area contributed by atoms with Gasteiger partial charge in [-0.2, -0.15) is 0 Å². The van der Waals surface area contributed by atoms with E-state index in [1.807, 2.05) is 11.8 Å². The van der Waals surface area contributed by atoms with Gasteiger partial charge in [-0.25, -0.2) is 0 Å². The van der Waals surface area contributed by atoms with Gasteiger partial charge in [0.05, 0.1) is 5.71 Å². The first-order valence-electron chi connectivity index (χ1n) is 4.55. The summed E-state index contributed by atoms with van der Waals surface area (Å²) in [6, 6.07) is 0. The molecule has 0 aliphatic carbocycles. The topological polar surface area (TPSA) is 32.6 Å². The van der Waals surface area contributed by atoms with E-state index in [9.17, 15) is 0 Å². The lowest BCUT2D eigenvalue weighted by Crippen LogP contribution is -2.09. The first-order valence-corrected chi connectivity index (χ1v) is 5.49. The molecule has 0 radical (unpaired) electrons. The molecule has 1 rings (SSSR count). The van der Waals surface area contributed by atoms with Crippen LogP contribution in [0.3, 0.4) is 0 Å². The van der Waals surface area contributed by atoms with Crippen LogP contribution in [0.5, 0.6) is 0 Å². The maximum atomic E-state index is 8.74. The van der Waals surface area contributed by atoms with Crippen LogP contribution in [-0.4, -0.2) is 21.4 Å². The SMILES string of the molecule is CCC1SC(C(C)C)CC1=NO. The summed E-state index contributed by atoms with van der Waals surface area (Å²) in [4.78, 5) is 0. The Morgan fingerprint density at radius 2 is 2.33 bits per heavy atom. The molecule has 0 saturated carbocycles. The molecule has 0 amide bonds. The summed E-state index contributed by atoms with van der Waals surface area (Å²) in [5.74, 6) is 0.684. The summed E-state index contributed by atoms with van der Waals surface area (Å²) in [5, 5.41) is 13.2. The van der Waals surface area contributed by atoms with Crippen molar-refractivity contribution in [1.29, 1.82) is 0 Å². The quantitative estimate of drug-likeness (QED) is 0.532. The number of nitrogens with zero attached hydrogens (tertiary/aromatic N) is 1. The molecule has 1 saturated heterocycles. The van der Waals surface area contributed by atoms with Crippen molar-refractivity contribution in [3.63, 3.8) is 0 Å². The molecule has 1 aliphatic rings. The molecule has 1 fully saturated rings. The normalized spacial score (nSPS) is 33.5. The van der Waals surface area contributed by atoms with Gasteiger partial charge in [0.1, 0.15) is 0 Å². The highest BCUT2D eigenvalue weighted by Crippen LogP contribution is 2.37. The molecule has 0 aromatic rings. The second kappa shape index (κ2) is 4.17. The van der Waals surface area contributed by atoms with Crippen LogP contribution in [0.25, 0.3) is 0 Å². The van der Waals surface area contributed by atoms with Gasteiger partial charge in [0, 0.05) is 16.9 Å². The average Bonchev–Trinajstić information content (AvgIpc) is 2.46. The van der Waals surface area contributed by atoms with Crippen LogP contribution >= 0.6 is 11.8 Å². The van der Waals surface area contributed by atoms with Gasteiger partial charge in [-0.05, 0) is 12.3 Å². The Balaban J connectivity index is 2.60. The number of oxime groups is 1. The highest BCUT2D eigenvalue weighted by Gasteiger charge is 2.32. The van der Waals surface area contributed by atoms with Gasteiger partial charge in [-0.15, -0.1) is 11.8 Å². The summed E-state index contributed by atoms with van der Waals surface area (Å²) in [5.41, 5.74) is 0.987. The summed E-state index contributed by atoms with van der Waals surface area (Å²) < 4.78 is 0. The maximum Gasteiger partial charge on any atom is 0.0711 e. The van der Waals surface area contributed by atoms with E-state index >= 15 is 0 Å². The number of hydrogen-bond acceptors (Lipinski definition) is 3. The molecule has 12 heavy (non-hydrogen) atoms. The van der Waals surface area contributed by atoms with Crippen molar-refractivity contribution in [3.05, 3.63) is 0 Å². The Morgan fingerprint density at radius 1 is 1.67 bits per heavy atom. The van der Waals surface area contributed by atoms with E-state index in [-0.39, 0.29) is 0 Å². The molecule has 3 heteroatoms. The van der Waals surface area contributed by atoms with Crippen LogP contribution in [0.2, 0.25) is 0 Å². The molecular formula is C9H17NOS. The molecular weight excluding hydrogens is 170 g/mol. The molecule has 2 nitrogen and oxygen atoms in total. The number of rotatable bonds is 2. The third-order valence-electron chi connectivity index (χ3n) is 2.36. The molecule has 0 spiro atoms. The average molecular weight is 187 g/mol. The van der Waals surface area contributed by atoms with Gasteiger partial charge in [-0.3, -0.25) is 0 Å².